The van der Waals surface area contributed by atoms with Gasteiger partial charge in [-0.05, 0) is 25.2 Å². The highest BCUT2D eigenvalue weighted by Gasteiger charge is 2.38. The minimum Gasteiger partial charge on any atom is -0.493 e. The Hall–Kier alpha value is -2.44. The fraction of sp³-hybridized carbons (Fsp3) is 0.600. The van der Waals surface area contributed by atoms with Crippen molar-refractivity contribution in [2.45, 2.75) is 38.7 Å². The second-order valence-corrected chi connectivity index (χ2v) is 7.27. The number of ether oxygens (including phenoxy) is 4. The van der Waals surface area contributed by atoms with Gasteiger partial charge in [-0.1, -0.05) is 6.92 Å². The molecule has 1 heterocycles. The fourth-order valence-electron chi connectivity index (χ4n) is 3.86. The maximum absolute atomic E-state index is 12.5. The highest BCUT2D eigenvalue weighted by atomic mass is 16.5. The van der Waals surface area contributed by atoms with E-state index in [9.17, 15) is 9.59 Å². The van der Waals surface area contributed by atoms with Crippen LogP contribution < -0.4 is 19.1 Å². The first kappa shape index (κ1) is 19.3. The van der Waals surface area contributed by atoms with Crippen molar-refractivity contribution in [1.29, 1.82) is 0 Å². The van der Waals surface area contributed by atoms with E-state index in [-0.39, 0.29) is 24.4 Å². The van der Waals surface area contributed by atoms with Crippen LogP contribution in [0.15, 0.2) is 12.1 Å². The van der Waals surface area contributed by atoms with E-state index in [0.717, 1.165) is 19.3 Å². The lowest BCUT2D eigenvalue weighted by molar-refractivity contribution is -0.153. The first-order chi connectivity index (χ1) is 13.0. The summed E-state index contributed by atoms with van der Waals surface area (Å²) in [6.07, 6.45) is 3.03. The van der Waals surface area contributed by atoms with Crippen LogP contribution in [0.1, 0.15) is 32.6 Å². The minimum atomic E-state index is -0.451. The van der Waals surface area contributed by atoms with E-state index < -0.39 is 5.92 Å². The molecule has 7 heteroatoms. The summed E-state index contributed by atoms with van der Waals surface area (Å²) < 4.78 is 21.7. The van der Waals surface area contributed by atoms with Gasteiger partial charge in [0, 0.05) is 25.1 Å². The maximum atomic E-state index is 12.5. The zero-order valence-electron chi connectivity index (χ0n) is 16.3. The number of amides is 1. The number of carbonyl (C=O) groups is 2. The van der Waals surface area contributed by atoms with Gasteiger partial charge < -0.3 is 23.8 Å². The quantitative estimate of drug-likeness (QED) is 0.710. The fourth-order valence-corrected chi connectivity index (χ4v) is 3.86. The zero-order chi connectivity index (χ0) is 19.6. The number of hydrogen-bond donors (Lipinski definition) is 0. The summed E-state index contributed by atoms with van der Waals surface area (Å²) in [7, 11) is 4.57. The van der Waals surface area contributed by atoms with Crippen LogP contribution in [0.2, 0.25) is 0 Å². The summed E-state index contributed by atoms with van der Waals surface area (Å²) in [5.41, 5.74) is 0.610. The highest BCUT2D eigenvalue weighted by molar-refractivity contribution is 6.00. The first-order valence-corrected chi connectivity index (χ1v) is 9.27. The number of carbonyl (C=O) groups excluding carboxylic acids is 2. The first-order valence-electron chi connectivity index (χ1n) is 9.27. The molecule has 1 saturated carbocycles. The topological polar surface area (TPSA) is 74.3 Å². The normalized spacial score (nSPS) is 24.8. The van der Waals surface area contributed by atoms with Crippen LogP contribution in [0.3, 0.4) is 0 Å². The third-order valence-corrected chi connectivity index (χ3v) is 5.35. The molecule has 3 atom stereocenters. The van der Waals surface area contributed by atoms with Gasteiger partial charge in [-0.15, -0.1) is 0 Å². The van der Waals surface area contributed by atoms with Crippen molar-refractivity contribution in [2.75, 3.05) is 32.8 Å². The van der Waals surface area contributed by atoms with Gasteiger partial charge in [-0.25, -0.2) is 0 Å². The molecule has 148 valence electrons. The summed E-state index contributed by atoms with van der Waals surface area (Å²) in [5, 5.41) is 0. The summed E-state index contributed by atoms with van der Waals surface area (Å²) >= 11 is 0. The van der Waals surface area contributed by atoms with Gasteiger partial charge in [0.15, 0.2) is 11.5 Å². The number of methoxy groups -OCH3 is 3. The van der Waals surface area contributed by atoms with Gasteiger partial charge in [0.1, 0.15) is 6.10 Å². The summed E-state index contributed by atoms with van der Waals surface area (Å²) in [6, 6.07) is 3.43. The van der Waals surface area contributed by atoms with Crippen molar-refractivity contribution in [3.05, 3.63) is 12.1 Å². The second kappa shape index (κ2) is 8.06. The highest BCUT2D eigenvalue weighted by Crippen LogP contribution is 2.42. The van der Waals surface area contributed by atoms with E-state index >= 15 is 0 Å². The molecule has 1 amide bonds. The molecule has 2 fully saturated rings. The SMILES string of the molecule is COc1cc(N2CC(C(=O)OC3CCC(C)C3)CC2=O)cc(OC)c1OC. The Bertz CT molecular complexity index is 693. The second-order valence-electron chi connectivity index (χ2n) is 7.27. The van der Waals surface area contributed by atoms with E-state index in [0.29, 0.717) is 35.4 Å². The maximum Gasteiger partial charge on any atom is 0.311 e. The number of hydrogen-bond acceptors (Lipinski definition) is 6. The predicted molar refractivity (Wildman–Crippen MR) is 99.5 cm³/mol. The Balaban J connectivity index is 1.74. The van der Waals surface area contributed by atoms with Gasteiger partial charge >= 0.3 is 5.97 Å². The van der Waals surface area contributed by atoms with Crippen molar-refractivity contribution in [2.24, 2.45) is 11.8 Å². The number of nitrogens with zero attached hydrogens (tertiary/aromatic N) is 1. The van der Waals surface area contributed by atoms with E-state index in [4.69, 9.17) is 18.9 Å². The summed E-state index contributed by atoms with van der Waals surface area (Å²) in [5.74, 6) is 1.12. The van der Waals surface area contributed by atoms with Crippen molar-refractivity contribution >= 4 is 17.6 Å². The monoisotopic (exact) mass is 377 g/mol. The van der Waals surface area contributed by atoms with Crippen LogP contribution in [0, 0.1) is 11.8 Å². The van der Waals surface area contributed by atoms with Gasteiger partial charge in [-0.3, -0.25) is 9.59 Å². The lowest BCUT2D eigenvalue weighted by Crippen LogP contribution is -2.28. The number of benzene rings is 1. The Morgan fingerprint density at radius 3 is 2.26 bits per heavy atom. The van der Waals surface area contributed by atoms with Crippen molar-refractivity contribution in [3.63, 3.8) is 0 Å². The average Bonchev–Trinajstić information content (AvgIpc) is 3.25. The predicted octanol–water partition coefficient (Wildman–Crippen LogP) is 2.80. The molecule has 27 heavy (non-hydrogen) atoms. The van der Waals surface area contributed by atoms with E-state index in [1.54, 1.807) is 17.0 Å². The molecule has 1 saturated heterocycles. The number of rotatable bonds is 6. The molecule has 3 rings (SSSR count). The van der Waals surface area contributed by atoms with Crippen LogP contribution in [0.25, 0.3) is 0 Å². The molecule has 1 aromatic rings. The third-order valence-electron chi connectivity index (χ3n) is 5.35. The van der Waals surface area contributed by atoms with Crippen LogP contribution >= 0.6 is 0 Å². The molecule has 1 aromatic carbocycles. The van der Waals surface area contributed by atoms with Crippen LogP contribution in [-0.4, -0.2) is 45.9 Å². The molecule has 0 spiro atoms. The standard InChI is InChI=1S/C20H27NO6/c1-12-5-6-15(7-12)27-20(23)13-8-18(22)21(11-13)14-9-16(24-2)19(26-4)17(10-14)25-3/h9-10,12-13,15H,5-8,11H2,1-4H3. The largest absolute Gasteiger partial charge is 0.493 e. The van der Waals surface area contributed by atoms with Gasteiger partial charge in [0.2, 0.25) is 11.7 Å². The molecule has 7 nitrogen and oxygen atoms in total. The lowest BCUT2D eigenvalue weighted by Gasteiger charge is -2.20. The Labute approximate surface area is 159 Å². The van der Waals surface area contributed by atoms with Gasteiger partial charge in [-0.2, -0.15) is 0 Å². The third kappa shape index (κ3) is 3.96. The van der Waals surface area contributed by atoms with E-state index in [1.807, 2.05) is 0 Å². The summed E-state index contributed by atoms with van der Waals surface area (Å²) in [4.78, 5) is 26.6. The molecule has 1 aliphatic carbocycles. The molecule has 1 aliphatic heterocycles. The Morgan fingerprint density at radius 1 is 1.07 bits per heavy atom. The zero-order valence-corrected chi connectivity index (χ0v) is 16.3. The van der Waals surface area contributed by atoms with E-state index in [2.05, 4.69) is 6.92 Å². The van der Waals surface area contributed by atoms with Crippen molar-refractivity contribution in [1.82, 2.24) is 0 Å². The molecular weight excluding hydrogens is 350 g/mol. The average molecular weight is 377 g/mol. The van der Waals surface area contributed by atoms with Crippen LogP contribution in [-0.2, 0) is 14.3 Å². The summed E-state index contributed by atoms with van der Waals surface area (Å²) in [6.45, 7) is 2.46. The van der Waals surface area contributed by atoms with Gasteiger partial charge in [0.25, 0.3) is 0 Å². The Morgan fingerprint density at radius 2 is 1.74 bits per heavy atom. The molecule has 3 unspecified atom stereocenters. The van der Waals surface area contributed by atoms with Crippen LogP contribution in [0.5, 0.6) is 17.2 Å². The van der Waals surface area contributed by atoms with Crippen molar-refractivity contribution in [3.8, 4) is 17.2 Å². The van der Waals surface area contributed by atoms with Crippen LogP contribution in [0.4, 0.5) is 5.69 Å². The molecule has 0 radical (unpaired) electrons. The minimum absolute atomic E-state index is 0.0159. The molecule has 0 N–H and O–H groups in total. The van der Waals surface area contributed by atoms with Gasteiger partial charge in [0.05, 0.1) is 32.9 Å². The molecule has 0 bridgehead atoms. The Kier molecular flexibility index (Phi) is 5.77. The van der Waals surface area contributed by atoms with Crippen molar-refractivity contribution < 1.29 is 28.5 Å². The number of esters is 1. The lowest BCUT2D eigenvalue weighted by atomic mass is 10.1. The number of anilines is 1. The molecular formula is C20H27NO6. The smallest absolute Gasteiger partial charge is 0.311 e. The van der Waals surface area contributed by atoms with E-state index in [1.165, 1.54) is 21.3 Å². The molecule has 2 aliphatic rings. The molecule has 0 aromatic heterocycles.